The van der Waals surface area contributed by atoms with E-state index in [1.807, 2.05) is 19.1 Å². The molecule has 0 aliphatic carbocycles. The Bertz CT molecular complexity index is 1230. The summed E-state index contributed by atoms with van der Waals surface area (Å²) in [4.78, 5) is 0.787. The van der Waals surface area contributed by atoms with Gasteiger partial charge in [-0.05, 0) is 36.8 Å². The van der Waals surface area contributed by atoms with Gasteiger partial charge < -0.3 is 4.42 Å². The van der Waals surface area contributed by atoms with Crippen molar-refractivity contribution in [2.24, 2.45) is 0 Å². The third-order valence-electron chi connectivity index (χ3n) is 4.37. The Morgan fingerprint density at radius 3 is 2.52 bits per heavy atom. The highest BCUT2D eigenvalue weighted by molar-refractivity contribution is 7.98. The van der Waals surface area contributed by atoms with E-state index < -0.39 is 10.0 Å². The first-order valence-electron chi connectivity index (χ1n) is 8.90. The number of hydrogen-bond acceptors (Lipinski definition) is 4. The summed E-state index contributed by atoms with van der Waals surface area (Å²) in [6.45, 7) is 2.04. The molecule has 7 heteroatoms. The molecule has 3 aromatic carbocycles. The number of rotatable bonds is 6. The lowest BCUT2D eigenvalue weighted by Crippen LogP contribution is -2.12. The van der Waals surface area contributed by atoms with Gasteiger partial charge in [0.2, 0.25) is 5.09 Å². The second-order valence-electron chi connectivity index (χ2n) is 6.62. The van der Waals surface area contributed by atoms with Crippen molar-refractivity contribution in [3.63, 3.8) is 0 Å². The van der Waals surface area contributed by atoms with Crippen LogP contribution >= 0.6 is 23.4 Å². The zero-order chi connectivity index (χ0) is 20.4. The minimum Gasteiger partial charge on any atom is -0.443 e. The molecule has 4 aromatic rings. The van der Waals surface area contributed by atoms with Gasteiger partial charge in [-0.2, -0.15) is 8.42 Å². The van der Waals surface area contributed by atoms with Crippen molar-refractivity contribution < 1.29 is 12.8 Å². The Kier molecular flexibility index (Phi) is 5.58. The normalized spacial score (nSPS) is 11.7. The van der Waals surface area contributed by atoms with Crippen LogP contribution in [-0.2, 0) is 15.8 Å². The maximum absolute atomic E-state index is 12.9. The molecular formula is C22H18ClNO3S2. The molecule has 0 radical (unpaired) electrons. The Morgan fingerprint density at radius 1 is 1.00 bits per heavy atom. The lowest BCUT2D eigenvalue weighted by atomic mass is 10.2. The number of nitrogens with one attached hydrogen (secondary N) is 1. The molecule has 0 fully saturated rings. The van der Waals surface area contributed by atoms with Crippen LogP contribution in [0.25, 0.3) is 11.0 Å². The topological polar surface area (TPSA) is 59.3 Å². The Morgan fingerprint density at radius 2 is 1.76 bits per heavy atom. The molecule has 4 rings (SSSR count). The van der Waals surface area contributed by atoms with Gasteiger partial charge in [-0.25, -0.2) is 0 Å². The quantitative estimate of drug-likeness (QED) is 0.346. The first kappa shape index (κ1) is 19.9. The number of benzene rings is 3. The van der Waals surface area contributed by atoms with E-state index in [0.29, 0.717) is 22.0 Å². The maximum atomic E-state index is 12.9. The summed E-state index contributed by atoms with van der Waals surface area (Å²) in [7, 11) is -3.89. The minimum atomic E-state index is -3.89. The van der Waals surface area contributed by atoms with Gasteiger partial charge in [0.1, 0.15) is 5.58 Å². The van der Waals surface area contributed by atoms with Crippen molar-refractivity contribution in [2.75, 3.05) is 4.72 Å². The molecule has 0 unspecified atom stereocenters. The van der Waals surface area contributed by atoms with E-state index in [-0.39, 0.29) is 5.09 Å². The van der Waals surface area contributed by atoms with Gasteiger partial charge in [0.25, 0.3) is 10.0 Å². The van der Waals surface area contributed by atoms with Crippen LogP contribution in [0, 0.1) is 6.92 Å². The van der Waals surface area contributed by atoms with Crippen molar-refractivity contribution in [1.29, 1.82) is 0 Å². The maximum Gasteiger partial charge on any atom is 0.295 e. The van der Waals surface area contributed by atoms with Crippen molar-refractivity contribution >= 4 is 50.0 Å². The van der Waals surface area contributed by atoms with E-state index in [2.05, 4.69) is 29.0 Å². The average molecular weight is 444 g/mol. The standard InChI is InChI=1S/C22H18ClNO3S2/c1-15-6-8-16(9-7-15)14-28-21-11-10-18(23)13-19(21)24-29(25,26)22-12-17-4-2-3-5-20(17)27-22/h2-13,24H,14H2,1H3. The summed E-state index contributed by atoms with van der Waals surface area (Å²) >= 11 is 7.66. The summed E-state index contributed by atoms with van der Waals surface area (Å²) < 4.78 is 33.9. The van der Waals surface area contributed by atoms with E-state index in [9.17, 15) is 8.42 Å². The number of anilines is 1. The van der Waals surface area contributed by atoms with Crippen LogP contribution in [0.15, 0.2) is 87.2 Å². The average Bonchev–Trinajstić information content (AvgIpc) is 3.14. The lowest BCUT2D eigenvalue weighted by Gasteiger charge is -2.12. The fourth-order valence-electron chi connectivity index (χ4n) is 2.84. The molecule has 0 atom stereocenters. The molecule has 148 valence electrons. The van der Waals surface area contributed by atoms with E-state index >= 15 is 0 Å². The molecular weight excluding hydrogens is 426 g/mol. The zero-order valence-corrected chi connectivity index (χ0v) is 17.9. The van der Waals surface area contributed by atoms with E-state index in [1.54, 1.807) is 30.3 Å². The van der Waals surface area contributed by atoms with Gasteiger partial charge in [0.05, 0.1) is 5.69 Å². The van der Waals surface area contributed by atoms with Crippen molar-refractivity contribution in [1.82, 2.24) is 0 Å². The van der Waals surface area contributed by atoms with Crippen LogP contribution in [0.5, 0.6) is 0 Å². The number of thioether (sulfide) groups is 1. The van der Waals surface area contributed by atoms with Crippen LogP contribution < -0.4 is 4.72 Å². The minimum absolute atomic E-state index is 0.131. The highest BCUT2D eigenvalue weighted by Gasteiger charge is 2.21. The highest BCUT2D eigenvalue weighted by Crippen LogP contribution is 2.34. The van der Waals surface area contributed by atoms with Gasteiger partial charge in [0.15, 0.2) is 0 Å². The molecule has 0 amide bonds. The Hall–Kier alpha value is -2.41. The predicted molar refractivity (Wildman–Crippen MR) is 119 cm³/mol. The first-order chi connectivity index (χ1) is 13.9. The molecule has 0 aliphatic rings. The van der Waals surface area contributed by atoms with Gasteiger partial charge in [-0.3, -0.25) is 4.72 Å². The van der Waals surface area contributed by atoms with Crippen LogP contribution in [0.2, 0.25) is 5.02 Å². The largest absolute Gasteiger partial charge is 0.443 e. The summed E-state index contributed by atoms with van der Waals surface area (Å²) in [5, 5.41) is 1.05. The summed E-state index contributed by atoms with van der Waals surface area (Å²) in [5.74, 6) is 0.710. The van der Waals surface area contributed by atoms with Gasteiger partial charge in [-0.15, -0.1) is 11.8 Å². The number of fused-ring (bicyclic) bond motifs is 1. The summed E-state index contributed by atoms with van der Waals surface area (Å²) in [5.41, 5.74) is 3.30. The number of furan rings is 1. The molecule has 4 nitrogen and oxygen atoms in total. The number of hydrogen-bond donors (Lipinski definition) is 1. The predicted octanol–water partition coefficient (Wildman–Crippen LogP) is 6.49. The second kappa shape index (κ2) is 8.14. The molecule has 0 saturated carbocycles. The van der Waals surface area contributed by atoms with Crippen LogP contribution in [0.3, 0.4) is 0 Å². The monoisotopic (exact) mass is 443 g/mol. The molecule has 1 aromatic heterocycles. The third-order valence-corrected chi connectivity index (χ3v) is 6.97. The first-order valence-corrected chi connectivity index (χ1v) is 11.7. The second-order valence-corrected chi connectivity index (χ2v) is 9.69. The highest BCUT2D eigenvalue weighted by atomic mass is 35.5. The van der Waals surface area contributed by atoms with E-state index in [0.717, 1.165) is 15.8 Å². The van der Waals surface area contributed by atoms with Gasteiger partial charge >= 0.3 is 0 Å². The van der Waals surface area contributed by atoms with Crippen molar-refractivity contribution in [3.05, 3.63) is 88.9 Å². The Labute approximate surface area is 178 Å². The van der Waals surface area contributed by atoms with Crippen LogP contribution in [0.1, 0.15) is 11.1 Å². The molecule has 0 aliphatic heterocycles. The number of sulfonamides is 1. The van der Waals surface area contributed by atoms with Crippen LogP contribution in [0.4, 0.5) is 5.69 Å². The molecule has 1 heterocycles. The SMILES string of the molecule is Cc1ccc(CSc2ccc(Cl)cc2NS(=O)(=O)c2cc3ccccc3o2)cc1. The smallest absolute Gasteiger partial charge is 0.295 e. The van der Waals surface area contributed by atoms with Crippen molar-refractivity contribution in [3.8, 4) is 0 Å². The number of aryl methyl sites for hydroxylation is 1. The zero-order valence-electron chi connectivity index (χ0n) is 15.6. The van der Waals surface area contributed by atoms with E-state index in [1.165, 1.54) is 23.4 Å². The Balaban J connectivity index is 1.60. The van der Waals surface area contributed by atoms with E-state index in [4.69, 9.17) is 16.0 Å². The summed E-state index contributed by atoms with van der Waals surface area (Å²) in [6.07, 6.45) is 0. The molecule has 0 bridgehead atoms. The third kappa shape index (κ3) is 4.61. The molecule has 29 heavy (non-hydrogen) atoms. The molecule has 1 N–H and O–H groups in total. The van der Waals surface area contributed by atoms with Crippen molar-refractivity contribution in [2.45, 2.75) is 22.7 Å². The molecule has 0 spiro atoms. The summed E-state index contributed by atoms with van der Waals surface area (Å²) in [6, 6.07) is 22.1. The van der Waals surface area contributed by atoms with Crippen LogP contribution in [-0.4, -0.2) is 8.42 Å². The van der Waals surface area contributed by atoms with Gasteiger partial charge in [-0.1, -0.05) is 59.6 Å². The fourth-order valence-corrected chi connectivity index (χ4v) is 5.06. The molecule has 0 saturated heterocycles. The number of para-hydroxylation sites is 1. The number of halogens is 1. The van der Waals surface area contributed by atoms with Gasteiger partial charge in [0, 0.05) is 27.1 Å². The lowest BCUT2D eigenvalue weighted by molar-refractivity contribution is 0.484. The fraction of sp³-hybridized carbons (Fsp3) is 0.0909.